The van der Waals surface area contributed by atoms with Crippen molar-refractivity contribution in [2.45, 2.75) is 37.9 Å². The number of carbonyl (C=O) groups is 1. The molecule has 1 amide bonds. The number of hydrogen-bond acceptors (Lipinski definition) is 6. The van der Waals surface area contributed by atoms with E-state index in [4.69, 9.17) is 15.2 Å². The molecule has 0 atom stereocenters. The number of nitro benzene ring substituents is 1. The van der Waals surface area contributed by atoms with Gasteiger partial charge in [0.15, 0.2) is 11.5 Å². The quantitative estimate of drug-likeness (QED) is 0.482. The zero-order valence-corrected chi connectivity index (χ0v) is 14.6. The summed E-state index contributed by atoms with van der Waals surface area (Å²) in [5, 5.41) is 13.7. The van der Waals surface area contributed by atoms with Crippen LogP contribution in [0.15, 0.2) is 36.4 Å². The van der Waals surface area contributed by atoms with Crippen molar-refractivity contribution in [3.05, 3.63) is 52.1 Å². The normalized spacial score (nSPS) is 16.9. The summed E-state index contributed by atoms with van der Waals surface area (Å²) in [7, 11) is 0. The van der Waals surface area contributed by atoms with Crippen LogP contribution >= 0.6 is 0 Å². The Kier molecular flexibility index (Phi) is 4.10. The Morgan fingerprint density at radius 2 is 1.81 bits per heavy atom. The molecule has 4 rings (SSSR count). The van der Waals surface area contributed by atoms with Crippen molar-refractivity contribution in [1.82, 2.24) is 0 Å². The first-order chi connectivity index (χ1) is 13.0. The third-order valence-electron chi connectivity index (χ3n) is 4.90. The van der Waals surface area contributed by atoms with Gasteiger partial charge >= 0.3 is 0 Å². The number of fused-ring (bicyclic) bond motifs is 1. The molecule has 0 unspecified atom stereocenters. The van der Waals surface area contributed by atoms with E-state index >= 15 is 0 Å². The van der Waals surface area contributed by atoms with Crippen molar-refractivity contribution >= 4 is 23.0 Å². The van der Waals surface area contributed by atoms with Gasteiger partial charge in [0.1, 0.15) is 5.69 Å². The molecule has 3 N–H and O–H groups in total. The summed E-state index contributed by atoms with van der Waals surface area (Å²) in [5.41, 5.74) is 5.95. The molecule has 0 aromatic heterocycles. The van der Waals surface area contributed by atoms with Crippen LogP contribution < -0.4 is 20.5 Å². The van der Waals surface area contributed by atoms with E-state index < -0.39 is 16.6 Å². The van der Waals surface area contributed by atoms with Gasteiger partial charge in [-0.1, -0.05) is 6.42 Å². The minimum Gasteiger partial charge on any atom is -0.448 e. The number of nitrogens with two attached hydrogens (primary N) is 1. The SMILES string of the molecule is Nc1ccc(C(=O)Nc2ccc3c(c2)OC2(CCCCC2)O3)cc1[N+](=O)[O-]. The van der Waals surface area contributed by atoms with Gasteiger partial charge in [0.2, 0.25) is 0 Å². The molecular formula is C19H19N3O5. The van der Waals surface area contributed by atoms with Gasteiger partial charge in [-0.05, 0) is 37.1 Å². The fourth-order valence-corrected chi connectivity index (χ4v) is 3.51. The first kappa shape index (κ1) is 17.1. The fourth-order valence-electron chi connectivity index (χ4n) is 3.51. The van der Waals surface area contributed by atoms with Gasteiger partial charge in [-0.25, -0.2) is 0 Å². The van der Waals surface area contributed by atoms with Gasteiger partial charge in [0.25, 0.3) is 17.4 Å². The van der Waals surface area contributed by atoms with Crippen molar-refractivity contribution in [3.8, 4) is 11.5 Å². The minimum atomic E-state index is -0.615. The molecule has 1 spiro atoms. The van der Waals surface area contributed by atoms with Crippen LogP contribution in [0, 0.1) is 10.1 Å². The number of hydrogen-bond donors (Lipinski definition) is 2. The highest BCUT2D eigenvalue weighted by Gasteiger charge is 2.42. The molecule has 140 valence electrons. The molecule has 1 heterocycles. The van der Waals surface area contributed by atoms with Crippen molar-refractivity contribution in [3.63, 3.8) is 0 Å². The molecule has 2 aromatic carbocycles. The summed E-state index contributed by atoms with van der Waals surface area (Å²) in [4.78, 5) is 22.8. The molecule has 27 heavy (non-hydrogen) atoms. The Balaban J connectivity index is 1.52. The number of nitrogens with zero attached hydrogens (tertiary/aromatic N) is 1. The molecule has 0 bridgehead atoms. The van der Waals surface area contributed by atoms with Crippen LogP contribution in [0.25, 0.3) is 0 Å². The molecule has 1 saturated carbocycles. The third kappa shape index (κ3) is 3.25. The molecule has 1 aliphatic heterocycles. The van der Waals surface area contributed by atoms with E-state index in [0.717, 1.165) is 31.7 Å². The van der Waals surface area contributed by atoms with E-state index in [1.54, 1.807) is 18.2 Å². The van der Waals surface area contributed by atoms with Crippen LogP contribution in [-0.2, 0) is 0 Å². The molecule has 2 aliphatic rings. The molecular weight excluding hydrogens is 350 g/mol. The van der Waals surface area contributed by atoms with E-state index in [0.29, 0.717) is 17.2 Å². The van der Waals surface area contributed by atoms with Crippen LogP contribution in [0.4, 0.5) is 17.1 Å². The Hall–Kier alpha value is -3.29. The van der Waals surface area contributed by atoms with Crippen molar-refractivity contribution in [2.75, 3.05) is 11.1 Å². The zero-order chi connectivity index (χ0) is 19.0. The summed E-state index contributed by atoms with van der Waals surface area (Å²) < 4.78 is 12.1. The first-order valence-corrected chi connectivity index (χ1v) is 8.83. The van der Waals surface area contributed by atoms with Gasteiger partial charge in [0.05, 0.1) is 4.92 Å². The van der Waals surface area contributed by atoms with Gasteiger partial charge < -0.3 is 20.5 Å². The molecule has 0 radical (unpaired) electrons. The van der Waals surface area contributed by atoms with Gasteiger partial charge in [-0.15, -0.1) is 0 Å². The molecule has 0 saturated heterocycles. The maximum atomic E-state index is 12.4. The van der Waals surface area contributed by atoms with Gasteiger partial charge in [-0.3, -0.25) is 14.9 Å². The number of ether oxygens (including phenoxy) is 2. The molecule has 1 aliphatic carbocycles. The number of anilines is 2. The smallest absolute Gasteiger partial charge is 0.292 e. The summed E-state index contributed by atoms with van der Waals surface area (Å²) in [6.07, 6.45) is 5.00. The largest absolute Gasteiger partial charge is 0.448 e. The zero-order valence-electron chi connectivity index (χ0n) is 14.6. The standard InChI is InChI=1S/C19H19N3O5/c20-14-6-4-12(10-15(14)22(24)25)18(23)21-13-5-7-16-17(11-13)27-19(26-16)8-2-1-3-9-19/h4-7,10-11H,1-3,8-9,20H2,(H,21,23). The Bertz CT molecular complexity index is 922. The number of benzene rings is 2. The van der Waals surface area contributed by atoms with E-state index in [2.05, 4.69) is 5.32 Å². The van der Waals surface area contributed by atoms with Crippen LogP contribution in [-0.4, -0.2) is 16.6 Å². The van der Waals surface area contributed by atoms with Crippen LogP contribution in [0.1, 0.15) is 42.5 Å². The maximum Gasteiger partial charge on any atom is 0.292 e. The predicted molar refractivity (Wildman–Crippen MR) is 99.0 cm³/mol. The van der Waals surface area contributed by atoms with E-state index in [-0.39, 0.29) is 16.9 Å². The van der Waals surface area contributed by atoms with E-state index in [9.17, 15) is 14.9 Å². The topological polar surface area (TPSA) is 117 Å². The monoisotopic (exact) mass is 369 g/mol. The maximum absolute atomic E-state index is 12.4. The minimum absolute atomic E-state index is 0.0115. The lowest BCUT2D eigenvalue weighted by Crippen LogP contribution is -2.40. The van der Waals surface area contributed by atoms with Crippen molar-refractivity contribution in [2.24, 2.45) is 0 Å². The summed E-state index contributed by atoms with van der Waals surface area (Å²) in [6.45, 7) is 0. The second kappa shape index (κ2) is 6.46. The third-order valence-corrected chi connectivity index (χ3v) is 4.90. The predicted octanol–water partition coefficient (Wildman–Crippen LogP) is 3.86. The average molecular weight is 369 g/mol. The lowest BCUT2D eigenvalue weighted by Gasteiger charge is -2.31. The number of carbonyl (C=O) groups excluding carboxylic acids is 1. The second-order valence-corrected chi connectivity index (χ2v) is 6.82. The number of rotatable bonds is 3. The summed E-state index contributed by atoms with van der Waals surface area (Å²) in [6, 6.07) is 9.14. The molecule has 8 nitrogen and oxygen atoms in total. The average Bonchev–Trinajstić information content (AvgIpc) is 2.98. The highest BCUT2D eigenvalue weighted by molar-refractivity contribution is 6.05. The van der Waals surface area contributed by atoms with Crippen LogP contribution in [0.2, 0.25) is 0 Å². The lowest BCUT2D eigenvalue weighted by atomic mass is 9.94. The molecule has 1 fully saturated rings. The number of nitro groups is 1. The summed E-state index contributed by atoms with van der Waals surface area (Å²) in [5.74, 6) is 0.209. The number of amides is 1. The first-order valence-electron chi connectivity index (χ1n) is 8.83. The molecule has 8 heteroatoms. The Morgan fingerprint density at radius 1 is 1.07 bits per heavy atom. The van der Waals surface area contributed by atoms with E-state index in [1.807, 2.05) is 0 Å². The van der Waals surface area contributed by atoms with Crippen molar-refractivity contribution < 1.29 is 19.2 Å². The van der Waals surface area contributed by atoms with E-state index in [1.165, 1.54) is 18.6 Å². The fraction of sp³-hybridized carbons (Fsp3) is 0.316. The number of nitrogen functional groups attached to an aromatic ring is 1. The van der Waals surface area contributed by atoms with Crippen LogP contribution in [0.5, 0.6) is 11.5 Å². The highest BCUT2D eigenvalue weighted by atomic mass is 16.7. The second-order valence-electron chi connectivity index (χ2n) is 6.82. The Morgan fingerprint density at radius 3 is 2.56 bits per heavy atom. The molecule has 2 aromatic rings. The van der Waals surface area contributed by atoms with Gasteiger partial charge in [-0.2, -0.15) is 0 Å². The Labute approximate surface area is 155 Å². The highest BCUT2D eigenvalue weighted by Crippen LogP contribution is 2.46. The van der Waals surface area contributed by atoms with Crippen LogP contribution in [0.3, 0.4) is 0 Å². The lowest BCUT2D eigenvalue weighted by molar-refractivity contribution is -0.383. The van der Waals surface area contributed by atoms with Gasteiger partial charge in [0, 0.05) is 36.2 Å². The van der Waals surface area contributed by atoms with Crippen molar-refractivity contribution in [1.29, 1.82) is 0 Å². The summed E-state index contributed by atoms with van der Waals surface area (Å²) >= 11 is 0. The number of nitrogens with one attached hydrogen (secondary N) is 1.